The maximum atomic E-state index is 13.0. The van der Waals surface area contributed by atoms with Crippen molar-refractivity contribution in [1.29, 1.82) is 0 Å². The van der Waals surface area contributed by atoms with Gasteiger partial charge in [0.2, 0.25) is 0 Å². The van der Waals surface area contributed by atoms with Gasteiger partial charge < -0.3 is 9.64 Å². The average molecular weight is 411 g/mol. The number of carbonyl (C=O) groups excluding carboxylic acids is 2. The van der Waals surface area contributed by atoms with E-state index in [0.717, 1.165) is 4.90 Å². The van der Waals surface area contributed by atoms with Crippen molar-refractivity contribution in [2.75, 3.05) is 13.2 Å². The lowest BCUT2D eigenvalue weighted by atomic mass is 10.0. The molecule has 1 amide bonds. The summed E-state index contributed by atoms with van der Waals surface area (Å²) >= 11 is 0. The highest BCUT2D eigenvalue weighted by Gasteiger charge is 2.40. The maximum absolute atomic E-state index is 13.0. The second-order valence-corrected chi connectivity index (χ2v) is 6.64. The highest BCUT2D eigenvalue weighted by Crippen LogP contribution is 2.37. The predicted octanol–water partition coefficient (Wildman–Crippen LogP) is 4.53. The van der Waals surface area contributed by atoms with Crippen LogP contribution in [0.15, 0.2) is 18.2 Å². The van der Waals surface area contributed by atoms with Crippen molar-refractivity contribution in [3.05, 3.63) is 34.9 Å². The number of hydrogen-bond donors (Lipinski definition) is 0. The van der Waals surface area contributed by atoms with Crippen molar-refractivity contribution in [3.8, 4) is 0 Å². The van der Waals surface area contributed by atoms with Crippen LogP contribution < -0.4 is 0 Å². The number of hydrogen-bond acceptors (Lipinski definition) is 3. The summed E-state index contributed by atoms with van der Waals surface area (Å²) < 4.78 is 83.0. The van der Waals surface area contributed by atoms with E-state index in [0.29, 0.717) is 25.0 Å². The Morgan fingerprint density at radius 2 is 1.57 bits per heavy atom. The fraction of sp³-hybridized carbons (Fsp3) is 0.556. The van der Waals surface area contributed by atoms with Gasteiger partial charge in [-0.05, 0) is 38.0 Å². The molecule has 1 aliphatic carbocycles. The van der Waals surface area contributed by atoms with Crippen molar-refractivity contribution in [2.24, 2.45) is 5.92 Å². The van der Waals surface area contributed by atoms with Crippen LogP contribution in [-0.4, -0.2) is 36.0 Å². The molecule has 0 radical (unpaired) electrons. The molecule has 0 heterocycles. The van der Waals surface area contributed by atoms with E-state index in [2.05, 4.69) is 0 Å². The quantitative estimate of drug-likeness (QED) is 0.511. The molecule has 0 aromatic heterocycles. The topological polar surface area (TPSA) is 46.6 Å². The van der Waals surface area contributed by atoms with Crippen LogP contribution in [0, 0.1) is 5.92 Å². The standard InChI is InChI=1S/C18H19F6NO3/c1-3-28-16(27)10(2)9-25(14-4-5-14)15(26)11-6-12(17(19,20)21)8-13(7-11)18(22,23)24/h6-8,10,14H,3-5,9H2,1-2H3. The van der Waals surface area contributed by atoms with Crippen LogP contribution in [-0.2, 0) is 21.9 Å². The fourth-order valence-electron chi connectivity index (χ4n) is 2.68. The zero-order valence-corrected chi connectivity index (χ0v) is 15.2. The van der Waals surface area contributed by atoms with Crippen molar-refractivity contribution >= 4 is 11.9 Å². The van der Waals surface area contributed by atoms with Crippen LogP contribution in [0.25, 0.3) is 0 Å². The van der Waals surface area contributed by atoms with Crippen molar-refractivity contribution in [3.63, 3.8) is 0 Å². The molecule has 1 aromatic rings. The fourth-order valence-corrected chi connectivity index (χ4v) is 2.68. The zero-order chi connectivity index (χ0) is 21.3. The van der Waals surface area contributed by atoms with Gasteiger partial charge in [0.25, 0.3) is 5.91 Å². The Morgan fingerprint density at radius 1 is 1.07 bits per heavy atom. The summed E-state index contributed by atoms with van der Waals surface area (Å²) in [6, 6.07) is 0.456. The van der Waals surface area contributed by atoms with Crippen LogP contribution in [0.1, 0.15) is 48.2 Å². The van der Waals surface area contributed by atoms with Gasteiger partial charge in [-0.1, -0.05) is 6.92 Å². The number of rotatable bonds is 6. The molecule has 1 atom stereocenters. The number of amides is 1. The van der Waals surface area contributed by atoms with Crippen LogP contribution >= 0.6 is 0 Å². The third-order valence-electron chi connectivity index (χ3n) is 4.24. The predicted molar refractivity (Wildman–Crippen MR) is 86.3 cm³/mol. The summed E-state index contributed by atoms with van der Waals surface area (Å²) in [5.41, 5.74) is -3.83. The lowest BCUT2D eigenvalue weighted by Gasteiger charge is -2.26. The first-order valence-electron chi connectivity index (χ1n) is 8.61. The molecule has 28 heavy (non-hydrogen) atoms. The third kappa shape index (κ3) is 5.39. The Hall–Kier alpha value is -2.26. The van der Waals surface area contributed by atoms with Gasteiger partial charge in [-0.15, -0.1) is 0 Å². The molecular formula is C18H19F6NO3. The van der Waals surface area contributed by atoms with E-state index in [-0.39, 0.29) is 25.3 Å². The largest absolute Gasteiger partial charge is 0.466 e. The highest BCUT2D eigenvalue weighted by molar-refractivity contribution is 5.95. The smallest absolute Gasteiger partial charge is 0.416 e. The normalized spacial score (nSPS) is 15.9. The summed E-state index contributed by atoms with van der Waals surface area (Å²) in [5, 5.41) is 0. The number of carbonyl (C=O) groups is 2. The molecule has 1 unspecified atom stereocenters. The Balaban J connectivity index is 2.37. The Bertz CT molecular complexity index is 708. The lowest BCUT2D eigenvalue weighted by molar-refractivity contribution is -0.148. The van der Waals surface area contributed by atoms with E-state index in [1.807, 2.05) is 0 Å². The monoisotopic (exact) mass is 411 g/mol. The zero-order valence-electron chi connectivity index (χ0n) is 15.2. The minimum absolute atomic E-state index is 0.0283. The van der Waals surface area contributed by atoms with Gasteiger partial charge in [0, 0.05) is 18.2 Å². The Morgan fingerprint density at radius 3 is 1.96 bits per heavy atom. The first-order valence-corrected chi connectivity index (χ1v) is 8.61. The third-order valence-corrected chi connectivity index (χ3v) is 4.24. The van der Waals surface area contributed by atoms with Crippen LogP contribution in [0.2, 0.25) is 0 Å². The van der Waals surface area contributed by atoms with Crippen molar-refractivity contribution in [2.45, 2.75) is 45.1 Å². The Labute approximate surface area is 157 Å². The number of benzene rings is 1. The van der Waals surface area contributed by atoms with E-state index in [9.17, 15) is 35.9 Å². The van der Waals surface area contributed by atoms with E-state index in [1.165, 1.54) is 6.92 Å². The summed E-state index contributed by atoms with van der Waals surface area (Å²) in [6.45, 7) is 3.03. The lowest BCUT2D eigenvalue weighted by Crippen LogP contribution is -2.39. The maximum Gasteiger partial charge on any atom is 0.416 e. The molecule has 2 rings (SSSR count). The van der Waals surface area contributed by atoms with Gasteiger partial charge in [-0.2, -0.15) is 26.3 Å². The minimum atomic E-state index is -5.04. The second-order valence-electron chi connectivity index (χ2n) is 6.64. The SMILES string of the molecule is CCOC(=O)C(C)CN(C(=O)c1cc(C(F)(F)F)cc(C(F)(F)F)c1)C1CC1. The number of alkyl halides is 6. The van der Waals surface area contributed by atoms with Gasteiger partial charge in [-0.25, -0.2) is 0 Å². The second kappa shape index (κ2) is 8.00. The molecule has 1 aliphatic rings. The van der Waals surface area contributed by atoms with E-state index in [1.54, 1.807) is 6.92 Å². The van der Waals surface area contributed by atoms with E-state index in [4.69, 9.17) is 4.74 Å². The van der Waals surface area contributed by atoms with Crippen LogP contribution in [0.3, 0.4) is 0 Å². The molecule has 1 aromatic carbocycles. The molecule has 156 valence electrons. The minimum Gasteiger partial charge on any atom is -0.466 e. The van der Waals surface area contributed by atoms with Gasteiger partial charge in [0.15, 0.2) is 0 Å². The van der Waals surface area contributed by atoms with Gasteiger partial charge in [0.1, 0.15) is 0 Å². The number of ether oxygens (including phenoxy) is 1. The average Bonchev–Trinajstić information content (AvgIpc) is 3.42. The molecule has 1 saturated carbocycles. The summed E-state index contributed by atoms with van der Waals surface area (Å²) in [4.78, 5) is 25.7. The first-order chi connectivity index (χ1) is 12.8. The summed E-state index contributed by atoms with van der Waals surface area (Å²) in [6.07, 6.45) is -8.96. The van der Waals surface area contributed by atoms with Gasteiger partial charge in [0.05, 0.1) is 23.7 Å². The van der Waals surface area contributed by atoms with E-state index < -0.39 is 46.8 Å². The summed E-state index contributed by atoms with van der Waals surface area (Å²) in [5.74, 6) is -2.34. The van der Waals surface area contributed by atoms with Crippen LogP contribution in [0.5, 0.6) is 0 Å². The number of halogens is 6. The first kappa shape index (κ1) is 22.0. The molecule has 0 spiro atoms. The van der Waals surface area contributed by atoms with Crippen LogP contribution in [0.4, 0.5) is 26.3 Å². The van der Waals surface area contributed by atoms with Gasteiger partial charge in [-0.3, -0.25) is 9.59 Å². The highest BCUT2D eigenvalue weighted by atomic mass is 19.4. The Kier molecular flexibility index (Phi) is 6.30. The molecule has 4 nitrogen and oxygen atoms in total. The summed E-state index contributed by atoms with van der Waals surface area (Å²) in [7, 11) is 0. The van der Waals surface area contributed by atoms with Crippen molar-refractivity contribution in [1.82, 2.24) is 4.90 Å². The number of esters is 1. The molecule has 1 fully saturated rings. The number of nitrogens with zero attached hydrogens (tertiary/aromatic N) is 1. The van der Waals surface area contributed by atoms with E-state index >= 15 is 0 Å². The van der Waals surface area contributed by atoms with Gasteiger partial charge >= 0.3 is 18.3 Å². The molecule has 0 aliphatic heterocycles. The van der Waals surface area contributed by atoms with Crippen molar-refractivity contribution < 1.29 is 40.7 Å². The molecule has 0 saturated heterocycles. The molecule has 0 N–H and O–H groups in total. The molecular weight excluding hydrogens is 392 g/mol. The molecule has 10 heteroatoms. The molecule has 0 bridgehead atoms.